The number of carbonyl (C=O) groups excluding carboxylic acids is 1. The Labute approximate surface area is 97.3 Å². The summed E-state index contributed by atoms with van der Waals surface area (Å²) in [5, 5.41) is 6.02. The van der Waals surface area contributed by atoms with E-state index >= 15 is 0 Å². The topological polar surface area (TPSA) is 51.2 Å². The highest BCUT2D eigenvalue weighted by Crippen LogP contribution is 2.25. The van der Waals surface area contributed by atoms with Crippen LogP contribution >= 0.6 is 11.3 Å². The van der Waals surface area contributed by atoms with Crippen LogP contribution in [0.1, 0.15) is 6.92 Å². The number of esters is 1. The lowest BCUT2D eigenvalue weighted by molar-refractivity contribution is -0.140. The Morgan fingerprint density at radius 2 is 2.44 bits per heavy atom. The maximum atomic E-state index is 11.2. The number of anilines is 1. The molecule has 1 N–H and O–H groups in total. The summed E-state index contributed by atoms with van der Waals surface area (Å²) in [6, 6.07) is 3.94. The largest absolute Gasteiger partial charge is 0.465 e. The standard InChI is InChI=1S/C11H12N2O2S/c1-2-15-10(14)7-13-11-8-4-6-16-9(8)3-5-12-11/h3-6H,2,7H2,1H3,(H,12,13). The number of hydrogen-bond donors (Lipinski definition) is 1. The van der Waals surface area contributed by atoms with Gasteiger partial charge >= 0.3 is 5.97 Å². The number of carbonyl (C=O) groups is 1. The molecular weight excluding hydrogens is 224 g/mol. The molecule has 0 fully saturated rings. The minimum atomic E-state index is -0.267. The van der Waals surface area contributed by atoms with Gasteiger partial charge in [0.2, 0.25) is 0 Å². The van der Waals surface area contributed by atoms with Gasteiger partial charge in [-0.3, -0.25) is 4.79 Å². The fourth-order valence-electron chi connectivity index (χ4n) is 1.40. The molecular formula is C11H12N2O2S. The molecule has 0 radical (unpaired) electrons. The lowest BCUT2D eigenvalue weighted by Gasteiger charge is -2.05. The predicted octanol–water partition coefficient (Wildman–Crippen LogP) is 2.27. The monoisotopic (exact) mass is 236 g/mol. The predicted molar refractivity (Wildman–Crippen MR) is 64.7 cm³/mol. The van der Waals surface area contributed by atoms with Crippen molar-refractivity contribution in [2.45, 2.75) is 6.92 Å². The van der Waals surface area contributed by atoms with Crippen molar-refractivity contribution in [3.05, 3.63) is 23.7 Å². The summed E-state index contributed by atoms with van der Waals surface area (Å²) in [6.07, 6.45) is 1.73. The highest BCUT2D eigenvalue weighted by atomic mass is 32.1. The van der Waals surface area contributed by atoms with Gasteiger partial charge in [-0.05, 0) is 24.4 Å². The average Bonchev–Trinajstić information content (AvgIpc) is 2.75. The third-order valence-electron chi connectivity index (χ3n) is 2.09. The zero-order valence-corrected chi connectivity index (χ0v) is 9.71. The molecule has 5 heteroatoms. The summed E-state index contributed by atoms with van der Waals surface area (Å²) in [7, 11) is 0. The van der Waals surface area contributed by atoms with E-state index in [1.54, 1.807) is 24.5 Å². The van der Waals surface area contributed by atoms with Crippen molar-refractivity contribution in [3.8, 4) is 0 Å². The van der Waals surface area contributed by atoms with Crippen molar-refractivity contribution in [3.63, 3.8) is 0 Å². The number of ether oxygens (including phenoxy) is 1. The lowest BCUT2D eigenvalue weighted by Crippen LogP contribution is -2.17. The van der Waals surface area contributed by atoms with Gasteiger partial charge in [-0.25, -0.2) is 4.98 Å². The quantitative estimate of drug-likeness (QED) is 0.827. The Morgan fingerprint density at radius 1 is 1.56 bits per heavy atom. The minimum Gasteiger partial charge on any atom is -0.465 e. The molecule has 0 aliphatic heterocycles. The molecule has 2 aromatic rings. The van der Waals surface area contributed by atoms with E-state index in [2.05, 4.69) is 10.3 Å². The molecule has 2 aromatic heterocycles. The molecule has 16 heavy (non-hydrogen) atoms. The van der Waals surface area contributed by atoms with E-state index in [1.807, 2.05) is 17.5 Å². The van der Waals surface area contributed by atoms with Crippen LogP contribution in [0.2, 0.25) is 0 Å². The Kier molecular flexibility index (Phi) is 3.36. The van der Waals surface area contributed by atoms with Gasteiger partial charge in [0.25, 0.3) is 0 Å². The van der Waals surface area contributed by atoms with Crippen molar-refractivity contribution in [1.82, 2.24) is 4.98 Å². The summed E-state index contributed by atoms with van der Waals surface area (Å²) in [6.45, 7) is 2.34. The van der Waals surface area contributed by atoms with E-state index in [1.165, 1.54) is 0 Å². The van der Waals surface area contributed by atoms with Crippen LogP contribution in [0.3, 0.4) is 0 Å². The molecule has 0 bridgehead atoms. The van der Waals surface area contributed by atoms with Crippen LogP contribution in [0.4, 0.5) is 5.82 Å². The van der Waals surface area contributed by atoms with Gasteiger partial charge in [-0.2, -0.15) is 0 Å². The van der Waals surface area contributed by atoms with Gasteiger partial charge < -0.3 is 10.1 Å². The molecule has 2 heterocycles. The Balaban J connectivity index is 2.09. The molecule has 0 saturated carbocycles. The van der Waals surface area contributed by atoms with Crippen molar-refractivity contribution in [2.75, 3.05) is 18.5 Å². The second-order valence-corrected chi connectivity index (χ2v) is 4.10. The van der Waals surface area contributed by atoms with E-state index in [-0.39, 0.29) is 12.5 Å². The van der Waals surface area contributed by atoms with Crippen molar-refractivity contribution < 1.29 is 9.53 Å². The van der Waals surface area contributed by atoms with E-state index in [0.29, 0.717) is 6.61 Å². The minimum absolute atomic E-state index is 0.149. The summed E-state index contributed by atoms with van der Waals surface area (Å²) in [4.78, 5) is 15.4. The number of hydrogen-bond acceptors (Lipinski definition) is 5. The van der Waals surface area contributed by atoms with Gasteiger partial charge in [0, 0.05) is 16.3 Å². The lowest BCUT2D eigenvalue weighted by atomic mass is 10.3. The molecule has 0 aliphatic rings. The van der Waals surface area contributed by atoms with Gasteiger partial charge in [-0.1, -0.05) is 0 Å². The molecule has 0 atom stereocenters. The van der Waals surface area contributed by atoms with E-state index in [4.69, 9.17) is 4.74 Å². The number of thiophene rings is 1. The Hall–Kier alpha value is -1.62. The van der Waals surface area contributed by atoms with Crippen molar-refractivity contribution in [2.24, 2.45) is 0 Å². The van der Waals surface area contributed by atoms with E-state index in [9.17, 15) is 4.79 Å². The summed E-state index contributed by atoms with van der Waals surface area (Å²) in [5.41, 5.74) is 0. The zero-order chi connectivity index (χ0) is 11.4. The van der Waals surface area contributed by atoms with Crippen LogP contribution < -0.4 is 5.32 Å². The van der Waals surface area contributed by atoms with E-state index < -0.39 is 0 Å². The first kappa shape index (κ1) is 10.9. The number of fused-ring (bicyclic) bond motifs is 1. The Morgan fingerprint density at radius 3 is 3.25 bits per heavy atom. The molecule has 0 aliphatic carbocycles. The Bertz CT molecular complexity index is 495. The van der Waals surface area contributed by atoms with Gasteiger partial charge in [0.05, 0.1) is 6.61 Å². The summed E-state index contributed by atoms with van der Waals surface area (Å²) in [5.74, 6) is 0.461. The SMILES string of the molecule is CCOC(=O)CNc1nccc2sccc12. The molecule has 2 rings (SSSR count). The molecule has 0 aromatic carbocycles. The highest BCUT2D eigenvalue weighted by molar-refractivity contribution is 7.17. The van der Waals surface area contributed by atoms with Crippen LogP contribution in [0, 0.1) is 0 Å². The van der Waals surface area contributed by atoms with E-state index in [0.717, 1.165) is 15.9 Å². The smallest absolute Gasteiger partial charge is 0.325 e. The zero-order valence-electron chi connectivity index (χ0n) is 8.90. The first-order valence-corrected chi connectivity index (χ1v) is 5.91. The first-order valence-electron chi connectivity index (χ1n) is 5.03. The van der Waals surface area contributed by atoms with Crippen LogP contribution in [-0.4, -0.2) is 24.1 Å². The fourth-order valence-corrected chi connectivity index (χ4v) is 2.19. The molecule has 4 nitrogen and oxygen atoms in total. The highest BCUT2D eigenvalue weighted by Gasteiger charge is 2.05. The molecule has 0 spiro atoms. The number of rotatable bonds is 4. The second-order valence-electron chi connectivity index (χ2n) is 3.15. The third kappa shape index (κ3) is 2.30. The number of nitrogens with zero attached hydrogens (tertiary/aromatic N) is 1. The molecule has 84 valence electrons. The summed E-state index contributed by atoms with van der Waals surface area (Å²) >= 11 is 1.65. The number of pyridine rings is 1. The van der Waals surface area contributed by atoms with Crippen LogP contribution in [0.25, 0.3) is 10.1 Å². The van der Waals surface area contributed by atoms with Gasteiger partial charge in [0.1, 0.15) is 12.4 Å². The second kappa shape index (κ2) is 4.94. The maximum absolute atomic E-state index is 11.2. The van der Waals surface area contributed by atoms with Crippen LogP contribution in [-0.2, 0) is 9.53 Å². The first-order chi connectivity index (χ1) is 7.81. The molecule has 0 unspecified atom stereocenters. The van der Waals surface area contributed by atoms with Gasteiger partial charge in [-0.15, -0.1) is 11.3 Å². The number of nitrogens with one attached hydrogen (secondary N) is 1. The van der Waals surface area contributed by atoms with Crippen molar-refractivity contribution >= 4 is 33.2 Å². The third-order valence-corrected chi connectivity index (χ3v) is 2.97. The summed E-state index contributed by atoms with van der Waals surface area (Å²) < 4.78 is 5.98. The van der Waals surface area contributed by atoms with Crippen LogP contribution in [0.15, 0.2) is 23.7 Å². The molecule has 0 saturated heterocycles. The average molecular weight is 236 g/mol. The number of aromatic nitrogens is 1. The van der Waals surface area contributed by atoms with Crippen molar-refractivity contribution in [1.29, 1.82) is 0 Å². The van der Waals surface area contributed by atoms with Crippen LogP contribution in [0.5, 0.6) is 0 Å². The molecule has 0 amide bonds. The van der Waals surface area contributed by atoms with Gasteiger partial charge in [0.15, 0.2) is 0 Å². The normalized spacial score (nSPS) is 10.3. The maximum Gasteiger partial charge on any atom is 0.325 e. The fraction of sp³-hybridized carbons (Fsp3) is 0.273.